The SMILES string of the molecule is N=C(C=C(N)C(F)(F)F)C(=O)N(CCC1CCS(=O)(=O)CC1)Cc1c(F)cccc1F. The van der Waals surface area contributed by atoms with Gasteiger partial charge in [0.05, 0.1) is 18.1 Å². The summed E-state index contributed by atoms with van der Waals surface area (Å²) in [6.45, 7) is -0.732. The minimum atomic E-state index is -4.94. The maximum absolute atomic E-state index is 14.0. The monoisotopic (exact) mass is 467 g/mol. The zero-order valence-electron chi connectivity index (χ0n) is 16.4. The Morgan fingerprint density at radius 2 is 1.74 bits per heavy atom. The molecule has 1 aromatic carbocycles. The van der Waals surface area contributed by atoms with Crippen LogP contribution < -0.4 is 5.73 Å². The van der Waals surface area contributed by atoms with Gasteiger partial charge < -0.3 is 10.6 Å². The highest BCUT2D eigenvalue weighted by molar-refractivity contribution is 7.91. The van der Waals surface area contributed by atoms with Crippen LogP contribution >= 0.6 is 0 Å². The van der Waals surface area contributed by atoms with Gasteiger partial charge in [-0.25, -0.2) is 17.2 Å². The Morgan fingerprint density at radius 3 is 2.26 bits per heavy atom. The minimum absolute atomic E-state index is 0.0196. The second-order valence-corrected chi connectivity index (χ2v) is 9.63. The Hall–Kier alpha value is -2.50. The van der Waals surface area contributed by atoms with Crippen LogP contribution in [0.2, 0.25) is 0 Å². The fraction of sp³-hybridized carbons (Fsp3) is 0.474. The molecule has 2 rings (SSSR count). The van der Waals surface area contributed by atoms with Crippen LogP contribution in [0, 0.1) is 23.0 Å². The molecule has 0 unspecified atom stereocenters. The van der Waals surface area contributed by atoms with Crippen LogP contribution in [0.25, 0.3) is 0 Å². The zero-order valence-corrected chi connectivity index (χ0v) is 17.2. The molecule has 12 heteroatoms. The van der Waals surface area contributed by atoms with E-state index in [1.807, 2.05) is 0 Å². The molecule has 0 aliphatic carbocycles. The van der Waals surface area contributed by atoms with Gasteiger partial charge in [0, 0.05) is 12.1 Å². The third kappa shape index (κ3) is 7.01. The molecular formula is C19H22F5N3O3S. The van der Waals surface area contributed by atoms with Gasteiger partial charge in [-0.1, -0.05) is 6.07 Å². The van der Waals surface area contributed by atoms with Gasteiger partial charge in [-0.05, 0) is 43.4 Å². The van der Waals surface area contributed by atoms with Crippen molar-refractivity contribution in [2.24, 2.45) is 11.7 Å². The molecule has 1 amide bonds. The number of nitrogens with zero attached hydrogens (tertiary/aromatic N) is 1. The van der Waals surface area contributed by atoms with E-state index in [1.165, 1.54) is 0 Å². The molecule has 0 aromatic heterocycles. The number of amides is 1. The largest absolute Gasteiger partial charge is 0.430 e. The number of nitrogens with one attached hydrogen (secondary N) is 1. The first-order valence-corrected chi connectivity index (χ1v) is 11.2. The van der Waals surface area contributed by atoms with Gasteiger partial charge in [-0.2, -0.15) is 13.2 Å². The van der Waals surface area contributed by atoms with Crippen LogP contribution in [0.1, 0.15) is 24.8 Å². The fourth-order valence-electron chi connectivity index (χ4n) is 3.16. The Balaban J connectivity index is 2.21. The molecule has 0 bridgehead atoms. The number of alkyl halides is 3. The Bertz CT molecular complexity index is 942. The van der Waals surface area contributed by atoms with Crippen molar-refractivity contribution in [1.29, 1.82) is 5.41 Å². The van der Waals surface area contributed by atoms with Crippen molar-refractivity contribution in [1.82, 2.24) is 4.90 Å². The number of carbonyl (C=O) groups excluding carboxylic acids is 1. The normalized spacial score (nSPS) is 17.4. The van der Waals surface area contributed by atoms with Crippen LogP contribution in [0.3, 0.4) is 0 Å². The van der Waals surface area contributed by atoms with E-state index in [4.69, 9.17) is 11.1 Å². The maximum Gasteiger partial charge on any atom is 0.430 e. The van der Waals surface area contributed by atoms with E-state index in [-0.39, 0.29) is 36.5 Å². The number of benzene rings is 1. The molecule has 1 saturated heterocycles. The highest BCUT2D eigenvalue weighted by atomic mass is 32.2. The second-order valence-electron chi connectivity index (χ2n) is 7.32. The number of nitrogens with two attached hydrogens (primary N) is 1. The molecule has 1 aliphatic rings. The van der Waals surface area contributed by atoms with Gasteiger partial charge in [-0.15, -0.1) is 0 Å². The van der Waals surface area contributed by atoms with E-state index < -0.39 is 57.1 Å². The number of hydrogen-bond acceptors (Lipinski definition) is 5. The van der Waals surface area contributed by atoms with Crippen LogP contribution in [0.5, 0.6) is 0 Å². The minimum Gasteiger partial charge on any atom is -0.395 e. The summed E-state index contributed by atoms with van der Waals surface area (Å²) in [5.74, 6) is -3.20. The summed E-state index contributed by atoms with van der Waals surface area (Å²) >= 11 is 0. The van der Waals surface area contributed by atoms with E-state index in [0.717, 1.165) is 23.1 Å². The first kappa shape index (κ1) is 24.8. The van der Waals surface area contributed by atoms with Gasteiger partial charge in [0.25, 0.3) is 5.91 Å². The molecule has 1 aliphatic heterocycles. The summed E-state index contributed by atoms with van der Waals surface area (Å²) < 4.78 is 89.0. The fourth-order valence-corrected chi connectivity index (χ4v) is 4.75. The molecule has 0 saturated carbocycles. The molecule has 172 valence electrons. The number of carbonyl (C=O) groups is 1. The summed E-state index contributed by atoms with van der Waals surface area (Å²) in [7, 11) is -3.11. The highest BCUT2D eigenvalue weighted by Crippen LogP contribution is 2.24. The van der Waals surface area contributed by atoms with E-state index in [9.17, 15) is 35.2 Å². The van der Waals surface area contributed by atoms with E-state index >= 15 is 0 Å². The number of rotatable bonds is 7. The summed E-state index contributed by atoms with van der Waals surface area (Å²) in [6, 6.07) is 3.07. The number of allylic oxidation sites excluding steroid dienone is 1. The van der Waals surface area contributed by atoms with Gasteiger partial charge >= 0.3 is 6.18 Å². The van der Waals surface area contributed by atoms with E-state index in [0.29, 0.717) is 12.8 Å². The highest BCUT2D eigenvalue weighted by Gasteiger charge is 2.33. The van der Waals surface area contributed by atoms with Crippen molar-refractivity contribution in [3.63, 3.8) is 0 Å². The van der Waals surface area contributed by atoms with Crippen molar-refractivity contribution >= 4 is 21.5 Å². The quantitative estimate of drug-likeness (QED) is 0.475. The van der Waals surface area contributed by atoms with E-state index in [1.54, 1.807) is 0 Å². The van der Waals surface area contributed by atoms with E-state index in [2.05, 4.69) is 0 Å². The predicted octanol–water partition coefficient (Wildman–Crippen LogP) is 2.93. The van der Waals surface area contributed by atoms with Crippen LogP contribution in [0.15, 0.2) is 30.0 Å². The number of sulfone groups is 1. The summed E-state index contributed by atoms with van der Waals surface area (Å²) in [4.78, 5) is 13.5. The molecular weight excluding hydrogens is 445 g/mol. The topological polar surface area (TPSA) is 104 Å². The molecule has 0 radical (unpaired) electrons. The third-order valence-electron chi connectivity index (χ3n) is 5.04. The average molecular weight is 467 g/mol. The van der Waals surface area contributed by atoms with Crippen LogP contribution in [-0.4, -0.2) is 49.2 Å². The smallest absolute Gasteiger partial charge is 0.395 e. The molecule has 1 fully saturated rings. The van der Waals surface area contributed by atoms with Gasteiger partial charge in [0.1, 0.15) is 32.9 Å². The van der Waals surface area contributed by atoms with Gasteiger partial charge in [0.15, 0.2) is 0 Å². The molecule has 3 N–H and O–H groups in total. The molecule has 1 heterocycles. The van der Waals surface area contributed by atoms with Gasteiger partial charge in [0.2, 0.25) is 0 Å². The van der Waals surface area contributed by atoms with Crippen molar-refractivity contribution in [2.75, 3.05) is 18.1 Å². The molecule has 31 heavy (non-hydrogen) atoms. The Labute approximate surface area is 176 Å². The lowest BCUT2D eigenvalue weighted by molar-refractivity contribution is -0.124. The first-order valence-electron chi connectivity index (χ1n) is 9.35. The van der Waals surface area contributed by atoms with Gasteiger partial charge in [-0.3, -0.25) is 10.2 Å². The average Bonchev–Trinajstić information content (AvgIpc) is 2.66. The molecule has 6 nitrogen and oxygen atoms in total. The summed E-state index contributed by atoms with van der Waals surface area (Å²) in [5.41, 5.74) is 1.65. The number of hydrogen-bond donors (Lipinski definition) is 2. The molecule has 0 spiro atoms. The lowest BCUT2D eigenvalue weighted by atomic mass is 9.98. The van der Waals surface area contributed by atoms with Crippen molar-refractivity contribution in [3.8, 4) is 0 Å². The van der Waals surface area contributed by atoms with Crippen molar-refractivity contribution in [3.05, 3.63) is 47.2 Å². The van der Waals surface area contributed by atoms with Crippen molar-refractivity contribution in [2.45, 2.75) is 32.0 Å². The lowest BCUT2D eigenvalue weighted by Crippen LogP contribution is -2.38. The first-order chi connectivity index (χ1) is 14.3. The number of halogens is 5. The molecule has 0 atom stereocenters. The summed E-state index contributed by atoms with van der Waals surface area (Å²) in [5, 5.41) is 7.67. The standard InChI is InChI=1S/C19H22F5N3O3S/c20-14-2-1-3-15(21)13(14)11-27(7-4-12-5-8-31(29,30)9-6-12)18(28)16(25)10-17(26)19(22,23)24/h1-3,10,12,25H,4-9,11,26H2. The Morgan fingerprint density at radius 1 is 1.19 bits per heavy atom. The van der Waals surface area contributed by atoms with Crippen LogP contribution in [-0.2, 0) is 21.2 Å². The molecule has 1 aromatic rings. The Kier molecular flexibility index (Phi) is 7.79. The third-order valence-corrected chi connectivity index (χ3v) is 6.75. The zero-order chi connectivity index (χ0) is 23.4. The summed E-state index contributed by atoms with van der Waals surface area (Å²) in [6.07, 6.45) is -3.83. The second kappa shape index (κ2) is 9.75. The van der Waals surface area contributed by atoms with Crippen molar-refractivity contribution < 1.29 is 35.2 Å². The maximum atomic E-state index is 14.0. The lowest BCUT2D eigenvalue weighted by Gasteiger charge is -2.27. The predicted molar refractivity (Wildman–Crippen MR) is 104 cm³/mol. The van der Waals surface area contributed by atoms with Crippen LogP contribution in [0.4, 0.5) is 22.0 Å².